The fourth-order valence-electron chi connectivity index (χ4n) is 1.00. The summed E-state index contributed by atoms with van der Waals surface area (Å²) in [6, 6.07) is 5.93. The fraction of sp³-hybridized carbons (Fsp3) is 0.300. The van der Waals surface area contributed by atoms with Crippen LogP contribution in [0, 0.1) is 0 Å². The molecule has 0 aliphatic rings. The van der Waals surface area contributed by atoms with E-state index in [4.69, 9.17) is 4.74 Å². The van der Waals surface area contributed by atoms with Gasteiger partial charge in [0.25, 0.3) is 0 Å². The van der Waals surface area contributed by atoms with E-state index in [2.05, 4.69) is 0 Å². The average molecular weight is 309 g/mol. The van der Waals surface area contributed by atoms with Crippen LogP contribution >= 0.6 is 7.81 Å². The van der Waals surface area contributed by atoms with Gasteiger partial charge in [-0.25, -0.2) is 0 Å². The monoisotopic (exact) mass is 309 g/mol. The van der Waals surface area contributed by atoms with Crippen molar-refractivity contribution in [1.82, 2.24) is 0 Å². The zero-order chi connectivity index (χ0) is 15.2. The molecular weight excluding hydrogens is 295 g/mol. The molecule has 0 unspecified atom stereocenters. The number of aromatic nitrogens is 1. The molecule has 1 heterocycles. The molecule has 19 heavy (non-hydrogen) atoms. The molecule has 0 fully saturated rings. The Labute approximate surface area is 106 Å². The van der Waals surface area contributed by atoms with Crippen LogP contribution in [0.25, 0.3) is 5.88 Å². The van der Waals surface area contributed by atoms with E-state index >= 15 is 0 Å². The van der Waals surface area contributed by atoms with Crippen LogP contribution in [0.1, 0.15) is 13.8 Å². The summed E-state index contributed by atoms with van der Waals surface area (Å²) in [5.41, 5.74) is 0. The van der Waals surface area contributed by atoms with Gasteiger partial charge >= 0.3 is 38.9 Å². The number of hydrogen-bond acceptors (Lipinski definition) is 1. The number of nitrogens with zero attached hydrogens (tertiary/aromatic N) is 1. The van der Waals surface area contributed by atoms with Crippen LogP contribution in [0.15, 0.2) is 36.7 Å². The van der Waals surface area contributed by atoms with Crippen LogP contribution in [-0.2, 0) is 4.74 Å². The van der Waals surface area contributed by atoms with Gasteiger partial charge in [0, 0.05) is 18.2 Å². The molecule has 0 atom stereocenters. The Morgan fingerprint density at radius 2 is 1.47 bits per heavy atom. The molecule has 0 saturated carbocycles. The van der Waals surface area contributed by atoms with Crippen molar-refractivity contribution < 1.29 is 34.5 Å². The third-order valence-corrected chi connectivity index (χ3v) is 1.51. The first-order valence-electron chi connectivity index (χ1n) is 5.15. The zero-order valence-electron chi connectivity index (χ0n) is 10.2. The van der Waals surface area contributed by atoms with Gasteiger partial charge in [0.15, 0.2) is 12.4 Å². The second-order valence-electron chi connectivity index (χ2n) is 3.30. The van der Waals surface area contributed by atoms with Gasteiger partial charge in [-0.15, -0.1) is 4.57 Å². The van der Waals surface area contributed by atoms with Gasteiger partial charge in [0.2, 0.25) is 0 Å². The van der Waals surface area contributed by atoms with E-state index < -0.39 is 7.81 Å². The predicted molar refractivity (Wildman–Crippen MR) is 61.8 cm³/mol. The van der Waals surface area contributed by atoms with Crippen LogP contribution < -0.4 is 4.57 Å². The summed E-state index contributed by atoms with van der Waals surface area (Å²) in [5, 5.41) is 0. The third-order valence-electron chi connectivity index (χ3n) is 1.51. The maximum atomic E-state index is 9.87. The van der Waals surface area contributed by atoms with Crippen molar-refractivity contribution in [3.05, 3.63) is 36.7 Å². The molecule has 1 rings (SSSR count). The van der Waals surface area contributed by atoms with Crippen LogP contribution in [0.3, 0.4) is 0 Å². The number of halogens is 6. The molecular formula is C10H14F6NOP. The molecule has 0 saturated heterocycles. The first kappa shape index (κ1) is 17.7. The van der Waals surface area contributed by atoms with E-state index in [1.54, 1.807) is 0 Å². The Morgan fingerprint density at radius 3 is 1.79 bits per heavy atom. The molecule has 0 aliphatic carbocycles. The summed E-state index contributed by atoms with van der Waals surface area (Å²) in [5.74, 6) is 0.873. The average Bonchev–Trinajstić information content (AvgIpc) is 2.23. The van der Waals surface area contributed by atoms with Crippen molar-refractivity contribution >= 4 is 13.7 Å². The van der Waals surface area contributed by atoms with E-state index in [-0.39, 0.29) is 0 Å². The van der Waals surface area contributed by atoms with Gasteiger partial charge < -0.3 is 4.74 Å². The number of allylic oxidation sites excluding steroid dienone is 1. The van der Waals surface area contributed by atoms with Gasteiger partial charge in [-0.1, -0.05) is 6.07 Å². The maximum absolute atomic E-state index is 10.7. The van der Waals surface area contributed by atoms with E-state index in [0.717, 1.165) is 5.88 Å². The molecule has 9 heteroatoms. The van der Waals surface area contributed by atoms with Crippen molar-refractivity contribution in [2.45, 2.75) is 13.8 Å². The predicted octanol–water partition coefficient (Wildman–Crippen LogP) is 5.21. The van der Waals surface area contributed by atoms with Gasteiger partial charge in [0.1, 0.15) is 0 Å². The molecule has 0 aliphatic heterocycles. The number of ether oxygens (including phenoxy) is 1. The Morgan fingerprint density at radius 1 is 1.05 bits per heavy atom. The molecule has 0 N–H and O–H groups in total. The molecule has 2 nitrogen and oxygen atoms in total. The van der Waals surface area contributed by atoms with Crippen LogP contribution in [0.5, 0.6) is 0 Å². The number of rotatable bonds is 3. The summed E-state index contributed by atoms with van der Waals surface area (Å²) < 4.78 is 66.5. The molecule has 0 spiro atoms. The van der Waals surface area contributed by atoms with Gasteiger partial charge in [-0.2, -0.15) is 0 Å². The molecule has 112 valence electrons. The second-order valence-corrected chi connectivity index (χ2v) is 5.22. The molecule has 0 amide bonds. The first-order valence-corrected chi connectivity index (χ1v) is 7.18. The minimum absolute atomic E-state index is 0.696. The molecule has 1 aromatic rings. The van der Waals surface area contributed by atoms with Crippen molar-refractivity contribution in [3.8, 4) is 0 Å². The van der Waals surface area contributed by atoms with E-state index in [9.17, 15) is 25.2 Å². The minimum atomic E-state index is -10.7. The van der Waals surface area contributed by atoms with Gasteiger partial charge in [-0.05, 0) is 13.8 Å². The molecule has 0 bridgehead atoms. The topological polar surface area (TPSA) is 13.1 Å². The number of pyridine rings is 1. The normalized spacial score (nSPS) is 15.7. The van der Waals surface area contributed by atoms with Crippen LogP contribution in [-0.4, -0.2) is 6.61 Å². The summed E-state index contributed by atoms with van der Waals surface area (Å²) in [6.45, 7) is 4.64. The van der Waals surface area contributed by atoms with Crippen molar-refractivity contribution in [1.29, 1.82) is 0 Å². The van der Waals surface area contributed by atoms with Crippen LogP contribution in [0.4, 0.5) is 25.2 Å². The summed E-state index contributed by atoms with van der Waals surface area (Å²) in [4.78, 5) is 0. The third kappa shape index (κ3) is 14.6. The van der Waals surface area contributed by atoms with E-state index in [1.165, 1.54) is 0 Å². The van der Waals surface area contributed by atoms with Gasteiger partial charge in [0.05, 0.1) is 6.61 Å². The van der Waals surface area contributed by atoms with Gasteiger partial charge in [-0.3, -0.25) is 0 Å². The molecule has 0 radical (unpaired) electrons. The standard InChI is InChI=1S/C10H14NO.F6P/c1-3-10(12-4-2)11-8-6-5-7-9-11;1-7(2,3,4,5)6/h3,5-9H,4H2,1-2H3;/q+1;-1/b10-3-;. The Hall–Kier alpha value is -1.30. The summed E-state index contributed by atoms with van der Waals surface area (Å²) in [6.07, 6.45) is 5.87. The summed E-state index contributed by atoms with van der Waals surface area (Å²) >= 11 is 0. The SMILES string of the molecule is C/C=C(\OCC)[n+]1ccccc1.F[P-](F)(F)(F)(F)F. The molecule has 1 aromatic heterocycles. The van der Waals surface area contributed by atoms with E-state index in [1.807, 2.05) is 55.1 Å². The fourth-order valence-corrected chi connectivity index (χ4v) is 1.00. The Kier molecular flexibility index (Phi) is 5.00. The zero-order valence-corrected chi connectivity index (χ0v) is 11.1. The quantitative estimate of drug-likeness (QED) is 0.323. The van der Waals surface area contributed by atoms with Crippen molar-refractivity contribution in [3.63, 3.8) is 0 Å². The Balaban J connectivity index is 0.000000399. The number of hydrogen-bond donors (Lipinski definition) is 0. The van der Waals surface area contributed by atoms with Crippen molar-refractivity contribution in [2.24, 2.45) is 0 Å². The Bertz CT molecular complexity index is 416. The summed E-state index contributed by atoms with van der Waals surface area (Å²) in [7, 11) is -10.7. The first-order chi connectivity index (χ1) is 8.33. The molecule has 0 aromatic carbocycles. The van der Waals surface area contributed by atoms with E-state index in [0.29, 0.717) is 6.61 Å². The van der Waals surface area contributed by atoms with Crippen molar-refractivity contribution in [2.75, 3.05) is 6.61 Å². The second kappa shape index (κ2) is 5.36. The van der Waals surface area contributed by atoms with Crippen LogP contribution in [0.2, 0.25) is 0 Å².